The van der Waals surface area contributed by atoms with Gasteiger partial charge in [0.15, 0.2) is 0 Å². The third-order valence-corrected chi connectivity index (χ3v) is 5.52. The van der Waals surface area contributed by atoms with Crippen LogP contribution < -0.4 is 14.5 Å². The third-order valence-electron chi connectivity index (χ3n) is 4.39. The van der Waals surface area contributed by atoms with E-state index >= 15 is 0 Å². The van der Waals surface area contributed by atoms with Gasteiger partial charge in [-0.1, -0.05) is 37.3 Å². The van der Waals surface area contributed by atoms with Crippen molar-refractivity contribution in [2.75, 3.05) is 33.9 Å². The van der Waals surface area contributed by atoms with Crippen molar-refractivity contribution >= 4 is 38.9 Å². The molecule has 1 N–H and O–H groups in total. The Bertz CT molecular complexity index is 988. The number of benzene rings is 2. The number of nitrogens with zero attached hydrogens (tertiary/aromatic N) is 2. The van der Waals surface area contributed by atoms with E-state index < -0.39 is 15.9 Å². The fourth-order valence-electron chi connectivity index (χ4n) is 3.10. The Morgan fingerprint density at radius 3 is 2.52 bits per heavy atom. The zero-order valence-electron chi connectivity index (χ0n) is 15.2. The monoisotopic (exact) mass is 387 g/mol. The Kier molecular flexibility index (Phi) is 5.18. The predicted octanol–water partition coefficient (Wildman–Crippen LogP) is 2.00. The van der Waals surface area contributed by atoms with Crippen molar-refractivity contribution in [2.24, 2.45) is 0 Å². The van der Waals surface area contributed by atoms with Crippen LogP contribution in [-0.2, 0) is 26.0 Å². The molecule has 0 bridgehead atoms. The van der Waals surface area contributed by atoms with Crippen molar-refractivity contribution in [3.63, 3.8) is 0 Å². The van der Waals surface area contributed by atoms with Crippen LogP contribution in [0.1, 0.15) is 12.5 Å². The summed E-state index contributed by atoms with van der Waals surface area (Å²) in [6.45, 7) is 1.40. The molecule has 2 amide bonds. The van der Waals surface area contributed by atoms with Crippen molar-refractivity contribution in [3.05, 3.63) is 54.1 Å². The van der Waals surface area contributed by atoms with Gasteiger partial charge in [-0.3, -0.25) is 18.8 Å². The second-order valence-electron chi connectivity index (χ2n) is 6.30. The van der Waals surface area contributed by atoms with Crippen LogP contribution in [0.25, 0.3) is 0 Å². The van der Waals surface area contributed by atoms with E-state index in [1.165, 1.54) is 4.90 Å². The molecule has 0 fully saturated rings. The van der Waals surface area contributed by atoms with Gasteiger partial charge in [0.25, 0.3) is 0 Å². The second kappa shape index (κ2) is 7.40. The zero-order chi connectivity index (χ0) is 19.6. The summed E-state index contributed by atoms with van der Waals surface area (Å²) in [6.07, 6.45) is 1.70. The summed E-state index contributed by atoms with van der Waals surface area (Å²) in [4.78, 5) is 26.3. The van der Waals surface area contributed by atoms with E-state index in [1.54, 1.807) is 36.4 Å². The first-order chi connectivity index (χ1) is 12.8. The number of anilines is 3. The van der Waals surface area contributed by atoms with E-state index in [2.05, 4.69) is 5.32 Å². The number of amides is 2. The number of aryl methyl sites for hydroxylation is 1. The van der Waals surface area contributed by atoms with Crippen LogP contribution >= 0.6 is 0 Å². The van der Waals surface area contributed by atoms with E-state index in [0.717, 1.165) is 16.1 Å². The minimum Gasteiger partial charge on any atom is -0.323 e. The molecule has 0 saturated carbocycles. The van der Waals surface area contributed by atoms with Gasteiger partial charge in [-0.25, -0.2) is 8.42 Å². The molecule has 0 atom stereocenters. The van der Waals surface area contributed by atoms with Crippen LogP contribution in [0.5, 0.6) is 0 Å². The highest BCUT2D eigenvalue weighted by Crippen LogP contribution is 2.30. The van der Waals surface area contributed by atoms with Crippen LogP contribution in [0.4, 0.5) is 17.1 Å². The maximum absolute atomic E-state index is 13.0. The lowest BCUT2D eigenvalue weighted by Gasteiger charge is -2.31. The molecule has 0 aromatic heterocycles. The van der Waals surface area contributed by atoms with Crippen LogP contribution in [0.3, 0.4) is 0 Å². The Morgan fingerprint density at radius 1 is 1.15 bits per heavy atom. The smallest absolute Gasteiger partial charge is 0.248 e. The highest BCUT2D eigenvalue weighted by atomic mass is 32.2. The zero-order valence-corrected chi connectivity index (χ0v) is 16.0. The predicted molar refractivity (Wildman–Crippen MR) is 105 cm³/mol. The molecule has 2 aromatic carbocycles. The van der Waals surface area contributed by atoms with E-state index in [-0.39, 0.29) is 19.0 Å². The van der Waals surface area contributed by atoms with Gasteiger partial charge in [0.1, 0.15) is 13.1 Å². The molecular formula is C19H21N3O4S. The van der Waals surface area contributed by atoms with Gasteiger partial charge in [-0.2, -0.15) is 0 Å². The molecule has 1 heterocycles. The largest absolute Gasteiger partial charge is 0.323 e. The fourth-order valence-corrected chi connectivity index (χ4v) is 3.98. The quantitative estimate of drug-likeness (QED) is 0.850. The highest BCUT2D eigenvalue weighted by Gasteiger charge is 2.30. The maximum Gasteiger partial charge on any atom is 0.248 e. The van der Waals surface area contributed by atoms with Gasteiger partial charge in [0, 0.05) is 0 Å². The average Bonchev–Trinajstić information content (AvgIpc) is 2.64. The number of para-hydroxylation sites is 3. The second-order valence-corrected chi connectivity index (χ2v) is 8.20. The summed E-state index contributed by atoms with van der Waals surface area (Å²) in [7, 11) is -3.69. The number of carbonyl (C=O) groups is 2. The molecule has 0 unspecified atom stereocenters. The van der Waals surface area contributed by atoms with Crippen molar-refractivity contribution in [1.82, 2.24) is 0 Å². The molecule has 0 saturated heterocycles. The SMILES string of the molecule is CCc1ccccc1N(CC(=O)N1CC(=O)Nc2ccccc21)S(C)(=O)=O. The number of rotatable bonds is 5. The molecule has 1 aliphatic rings. The van der Waals surface area contributed by atoms with Gasteiger partial charge < -0.3 is 5.32 Å². The molecular weight excluding hydrogens is 366 g/mol. The summed E-state index contributed by atoms with van der Waals surface area (Å²) >= 11 is 0. The van der Waals surface area contributed by atoms with E-state index in [1.807, 2.05) is 19.1 Å². The average molecular weight is 387 g/mol. The number of fused-ring (bicyclic) bond motifs is 1. The molecule has 2 aromatic rings. The van der Waals surface area contributed by atoms with Crippen molar-refractivity contribution in [2.45, 2.75) is 13.3 Å². The van der Waals surface area contributed by atoms with Gasteiger partial charge >= 0.3 is 0 Å². The molecule has 8 heteroatoms. The van der Waals surface area contributed by atoms with E-state index in [0.29, 0.717) is 23.5 Å². The Hall–Kier alpha value is -2.87. The molecule has 0 spiro atoms. The van der Waals surface area contributed by atoms with Crippen molar-refractivity contribution in [3.8, 4) is 0 Å². The van der Waals surface area contributed by atoms with Crippen LogP contribution in [-0.4, -0.2) is 39.6 Å². The summed E-state index contributed by atoms with van der Waals surface area (Å²) in [6, 6.07) is 14.0. The van der Waals surface area contributed by atoms with Gasteiger partial charge in [-0.15, -0.1) is 0 Å². The molecule has 27 heavy (non-hydrogen) atoms. The molecule has 7 nitrogen and oxygen atoms in total. The number of hydrogen-bond donors (Lipinski definition) is 1. The van der Waals surface area contributed by atoms with Gasteiger partial charge in [-0.05, 0) is 30.2 Å². The minimum absolute atomic E-state index is 0.150. The third kappa shape index (κ3) is 3.95. The highest BCUT2D eigenvalue weighted by molar-refractivity contribution is 7.92. The first kappa shape index (κ1) is 18.9. The molecule has 1 aliphatic heterocycles. The van der Waals surface area contributed by atoms with E-state index in [4.69, 9.17) is 0 Å². The summed E-state index contributed by atoms with van der Waals surface area (Å²) in [5, 5.41) is 2.71. The van der Waals surface area contributed by atoms with E-state index in [9.17, 15) is 18.0 Å². The lowest BCUT2D eigenvalue weighted by molar-refractivity contribution is -0.121. The topological polar surface area (TPSA) is 86.8 Å². The number of hydrogen-bond acceptors (Lipinski definition) is 4. The normalized spacial score (nSPS) is 13.7. The lowest BCUT2D eigenvalue weighted by Crippen LogP contribution is -2.48. The fraction of sp³-hybridized carbons (Fsp3) is 0.263. The van der Waals surface area contributed by atoms with Crippen LogP contribution in [0.2, 0.25) is 0 Å². The lowest BCUT2D eigenvalue weighted by atomic mass is 10.1. The first-order valence-electron chi connectivity index (χ1n) is 8.56. The minimum atomic E-state index is -3.69. The van der Waals surface area contributed by atoms with Gasteiger partial charge in [0.05, 0.1) is 23.3 Å². The summed E-state index contributed by atoms with van der Waals surface area (Å²) in [5.74, 6) is -0.782. The first-order valence-corrected chi connectivity index (χ1v) is 10.4. The maximum atomic E-state index is 13.0. The van der Waals surface area contributed by atoms with Crippen molar-refractivity contribution < 1.29 is 18.0 Å². The standard InChI is InChI=1S/C19H21N3O4S/c1-3-14-8-4-6-10-16(14)22(27(2,25)26)13-19(24)21-12-18(23)20-15-9-5-7-11-17(15)21/h4-11H,3,12-13H2,1-2H3,(H,20,23). The molecule has 3 rings (SSSR count). The molecule has 0 radical (unpaired) electrons. The van der Waals surface area contributed by atoms with Crippen LogP contribution in [0.15, 0.2) is 48.5 Å². The Morgan fingerprint density at radius 2 is 1.81 bits per heavy atom. The Labute approximate surface area is 158 Å². The van der Waals surface area contributed by atoms with Crippen molar-refractivity contribution in [1.29, 1.82) is 0 Å². The van der Waals surface area contributed by atoms with Gasteiger partial charge in [0.2, 0.25) is 21.8 Å². The summed E-state index contributed by atoms with van der Waals surface area (Å²) in [5.41, 5.74) is 2.39. The summed E-state index contributed by atoms with van der Waals surface area (Å²) < 4.78 is 25.9. The number of sulfonamides is 1. The molecule has 142 valence electrons. The number of carbonyl (C=O) groups excluding carboxylic acids is 2. The Balaban J connectivity index is 1.96. The number of nitrogens with one attached hydrogen (secondary N) is 1. The molecule has 0 aliphatic carbocycles. The van der Waals surface area contributed by atoms with Crippen LogP contribution in [0, 0.1) is 0 Å².